The number of hydrogen-bond donors (Lipinski definition) is 3. The zero-order chi connectivity index (χ0) is 25.8. The minimum absolute atomic E-state index is 0.00446. The van der Waals surface area contributed by atoms with Gasteiger partial charge in [0.2, 0.25) is 0 Å². The van der Waals surface area contributed by atoms with Crippen LogP contribution in [0.15, 0.2) is 11.6 Å². The molecule has 5 rings (SSSR count). The van der Waals surface area contributed by atoms with Crippen molar-refractivity contribution in [3.05, 3.63) is 11.6 Å². The quantitative estimate of drug-likeness (QED) is 0.453. The van der Waals surface area contributed by atoms with E-state index in [1.807, 2.05) is 0 Å². The molecule has 0 heterocycles. The largest absolute Gasteiger partial charge is 0.478 e. The molecular formula is C30H46O5. The van der Waals surface area contributed by atoms with Crippen molar-refractivity contribution in [1.82, 2.24) is 0 Å². The number of hydrogen-bond acceptors (Lipinski definition) is 4. The molecule has 5 saturated carbocycles. The van der Waals surface area contributed by atoms with Crippen molar-refractivity contribution in [2.45, 2.75) is 112 Å². The van der Waals surface area contributed by atoms with Gasteiger partial charge in [-0.1, -0.05) is 40.7 Å². The predicted octanol–water partition coefficient (Wildman–Crippen LogP) is 5.38. The maximum Gasteiger partial charge on any atom is 0.330 e. The van der Waals surface area contributed by atoms with Gasteiger partial charge in [0.1, 0.15) is 5.78 Å². The van der Waals surface area contributed by atoms with Gasteiger partial charge in [-0.3, -0.25) is 4.79 Å². The summed E-state index contributed by atoms with van der Waals surface area (Å²) < 4.78 is 0. The van der Waals surface area contributed by atoms with Crippen LogP contribution in [0.25, 0.3) is 0 Å². The summed E-state index contributed by atoms with van der Waals surface area (Å²) in [7, 11) is 0. The molecule has 2 spiro atoms. The van der Waals surface area contributed by atoms with Gasteiger partial charge in [0.15, 0.2) is 0 Å². The summed E-state index contributed by atoms with van der Waals surface area (Å²) in [6.07, 6.45) is 8.92. The highest BCUT2D eigenvalue weighted by Gasteiger charge is 2.84. The van der Waals surface area contributed by atoms with E-state index >= 15 is 0 Å². The van der Waals surface area contributed by atoms with Crippen LogP contribution in [0, 0.1) is 50.7 Å². The number of Topliss-reactive ketones (excluding diaryl/α,β-unsaturated/α-hetero) is 1. The summed E-state index contributed by atoms with van der Waals surface area (Å²) >= 11 is 0. The first-order chi connectivity index (χ1) is 16.2. The molecule has 5 fully saturated rings. The minimum Gasteiger partial charge on any atom is -0.478 e. The molecule has 3 N–H and O–H groups in total. The van der Waals surface area contributed by atoms with Crippen LogP contribution in [0.3, 0.4) is 0 Å². The summed E-state index contributed by atoms with van der Waals surface area (Å²) in [6.45, 7) is 12.8. The third kappa shape index (κ3) is 2.94. The third-order valence-corrected chi connectivity index (χ3v) is 13.1. The number of ketones is 1. The van der Waals surface area contributed by atoms with Crippen molar-refractivity contribution >= 4 is 11.8 Å². The molecule has 0 aromatic carbocycles. The van der Waals surface area contributed by atoms with E-state index in [0.717, 1.165) is 38.5 Å². The van der Waals surface area contributed by atoms with Gasteiger partial charge < -0.3 is 15.3 Å². The van der Waals surface area contributed by atoms with Gasteiger partial charge in [0, 0.05) is 22.8 Å². The monoisotopic (exact) mass is 486 g/mol. The number of carboxylic acids is 1. The summed E-state index contributed by atoms with van der Waals surface area (Å²) in [5.41, 5.74) is 0.0540. The fourth-order valence-corrected chi connectivity index (χ4v) is 11.1. The molecule has 5 nitrogen and oxygen atoms in total. The van der Waals surface area contributed by atoms with Crippen molar-refractivity contribution in [1.29, 1.82) is 0 Å². The second-order valence-corrected chi connectivity index (χ2v) is 14.2. The number of fused-ring (bicyclic) bond motifs is 2. The van der Waals surface area contributed by atoms with E-state index in [0.29, 0.717) is 36.0 Å². The Hall–Kier alpha value is -1.20. The average molecular weight is 487 g/mol. The molecule has 0 unspecified atom stereocenters. The van der Waals surface area contributed by atoms with Crippen LogP contribution >= 0.6 is 0 Å². The molecule has 0 bridgehead atoms. The Balaban J connectivity index is 1.44. The molecule has 0 amide bonds. The minimum atomic E-state index is -0.882. The second-order valence-electron chi connectivity index (χ2n) is 14.2. The number of aliphatic carboxylic acids is 1. The van der Waals surface area contributed by atoms with E-state index in [9.17, 15) is 24.9 Å². The van der Waals surface area contributed by atoms with Crippen LogP contribution in [-0.2, 0) is 9.59 Å². The van der Waals surface area contributed by atoms with E-state index < -0.39 is 18.2 Å². The molecule has 196 valence electrons. The van der Waals surface area contributed by atoms with Crippen LogP contribution in [-0.4, -0.2) is 39.3 Å². The first-order valence-electron chi connectivity index (χ1n) is 14.0. The molecular weight excluding hydrogens is 440 g/mol. The highest BCUT2D eigenvalue weighted by Crippen LogP contribution is 2.88. The van der Waals surface area contributed by atoms with Crippen LogP contribution in [0.4, 0.5) is 0 Å². The fourth-order valence-electron chi connectivity index (χ4n) is 11.1. The van der Waals surface area contributed by atoms with Crippen molar-refractivity contribution < 1.29 is 24.9 Å². The number of carbonyl (C=O) groups excluding carboxylic acids is 1. The molecule has 5 aliphatic rings. The summed E-state index contributed by atoms with van der Waals surface area (Å²) in [5.74, 6) is 0.558. The lowest BCUT2D eigenvalue weighted by Gasteiger charge is -2.62. The molecule has 5 aliphatic carbocycles. The number of allylic oxidation sites excluding steroid dienone is 1. The summed E-state index contributed by atoms with van der Waals surface area (Å²) in [6, 6.07) is 0. The van der Waals surface area contributed by atoms with E-state index in [2.05, 4.69) is 34.6 Å². The maximum absolute atomic E-state index is 12.9. The van der Waals surface area contributed by atoms with Crippen molar-refractivity contribution in [3.8, 4) is 0 Å². The van der Waals surface area contributed by atoms with E-state index in [-0.39, 0.29) is 38.9 Å². The van der Waals surface area contributed by atoms with Crippen LogP contribution in [0.2, 0.25) is 0 Å². The Morgan fingerprint density at radius 2 is 1.69 bits per heavy atom. The van der Waals surface area contributed by atoms with Gasteiger partial charge in [0.25, 0.3) is 0 Å². The van der Waals surface area contributed by atoms with Gasteiger partial charge in [0.05, 0.1) is 12.2 Å². The number of rotatable bonds is 5. The Morgan fingerprint density at radius 1 is 1.06 bits per heavy atom. The van der Waals surface area contributed by atoms with Gasteiger partial charge in [-0.15, -0.1) is 0 Å². The SMILES string of the molecule is C/C(=C\CC[C@@H](C)[C@H]1[C@@H](O)[C@@H](O)[C@@]2(C)[C@@H]3CC[C@H]4C(C)(C)C(=O)CC[C@@]45C[C@@]35CC[C@]12C)C(=O)O. The standard InChI is InChI=1S/C30H46O5/c1-17(8-7-9-18(2)25(34)35)22-23(32)24(33)28(6)20-11-10-19-26(3,4)21(31)12-13-29(19)16-30(20,29)15-14-27(22,28)5/h9,17,19-20,22-24,32-33H,7-8,10-16H2,1-6H3,(H,34,35)/b18-9+/t17-,19+,20+,22+,23-,24-,27-,28-,29-,30+/m1/s1. The number of carbonyl (C=O) groups is 2. The van der Waals surface area contributed by atoms with Crippen molar-refractivity contribution in [3.63, 3.8) is 0 Å². The van der Waals surface area contributed by atoms with E-state index in [1.54, 1.807) is 13.0 Å². The van der Waals surface area contributed by atoms with Crippen molar-refractivity contribution in [2.24, 2.45) is 50.7 Å². The van der Waals surface area contributed by atoms with Gasteiger partial charge >= 0.3 is 5.97 Å². The number of aliphatic hydroxyl groups excluding tert-OH is 2. The van der Waals surface area contributed by atoms with Gasteiger partial charge in [-0.2, -0.15) is 0 Å². The van der Waals surface area contributed by atoms with E-state index in [4.69, 9.17) is 0 Å². The first kappa shape index (κ1) is 25.4. The Morgan fingerprint density at radius 3 is 2.34 bits per heavy atom. The smallest absolute Gasteiger partial charge is 0.330 e. The molecule has 0 aromatic rings. The Bertz CT molecular complexity index is 968. The molecule has 35 heavy (non-hydrogen) atoms. The van der Waals surface area contributed by atoms with Gasteiger partial charge in [-0.05, 0) is 98.2 Å². The maximum atomic E-state index is 12.9. The zero-order valence-corrected chi connectivity index (χ0v) is 22.6. The number of carboxylic acid groups (broad SMARTS) is 1. The normalized spacial score (nSPS) is 51.0. The molecule has 0 aliphatic heterocycles. The van der Waals surface area contributed by atoms with Crippen LogP contribution in [0.5, 0.6) is 0 Å². The van der Waals surface area contributed by atoms with Crippen LogP contribution < -0.4 is 0 Å². The molecule has 0 radical (unpaired) electrons. The van der Waals surface area contributed by atoms with Crippen molar-refractivity contribution in [2.75, 3.05) is 0 Å². The third-order valence-electron chi connectivity index (χ3n) is 13.1. The highest BCUT2D eigenvalue weighted by atomic mass is 16.4. The summed E-state index contributed by atoms with van der Waals surface area (Å²) in [4.78, 5) is 24.0. The summed E-state index contributed by atoms with van der Waals surface area (Å²) in [5, 5.41) is 32.4. The molecule has 10 atom stereocenters. The second kappa shape index (κ2) is 7.66. The lowest BCUT2D eigenvalue weighted by atomic mass is 9.41. The topological polar surface area (TPSA) is 94.8 Å². The Kier molecular flexibility index (Phi) is 5.57. The Labute approximate surface area is 210 Å². The van der Waals surface area contributed by atoms with Crippen LogP contribution in [0.1, 0.15) is 99.3 Å². The number of aliphatic hydroxyl groups is 2. The molecule has 0 aromatic heterocycles. The lowest BCUT2D eigenvalue weighted by molar-refractivity contribution is -0.174. The molecule has 5 heteroatoms. The first-order valence-corrected chi connectivity index (χ1v) is 14.0. The highest BCUT2D eigenvalue weighted by molar-refractivity contribution is 5.86. The average Bonchev–Trinajstić information content (AvgIpc) is 3.43. The zero-order valence-electron chi connectivity index (χ0n) is 22.6. The molecule has 0 saturated heterocycles. The predicted molar refractivity (Wildman–Crippen MR) is 134 cm³/mol. The lowest BCUT2D eigenvalue weighted by Crippen LogP contribution is -2.59. The fraction of sp³-hybridized carbons (Fsp3) is 0.867. The van der Waals surface area contributed by atoms with Gasteiger partial charge in [-0.25, -0.2) is 4.79 Å². The van der Waals surface area contributed by atoms with E-state index in [1.165, 1.54) is 6.42 Å².